The lowest BCUT2D eigenvalue weighted by atomic mass is 10.1. The Morgan fingerprint density at radius 3 is 0.859 bits per heavy atom. The molecule has 0 bridgehead atoms. The highest BCUT2D eigenvalue weighted by molar-refractivity contribution is 5.71. The van der Waals surface area contributed by atoms with Gasteiger partial charge in [0.25, 0.3) is 0 Å². The number of hydrogen-bond acceptors (Lipinski definition) is 6. The van der Waals surface area contributed by atoms with Crippen molar-refractivity contribution in [1.82, 2.24) is 0 Å². The minimum Gasteiger partial charge on any atom is -0.462 e. The molecule has 0 saturated carbocycles. The molecule has 0 unspecified atom stereocenters. The fourth-order valence-electron chi connectivity index (χ4n) is 7.63. The van der Waals surface area contributed by atoms with E-state index in [0.29, 0.717) is 19.3 Å². The van der Waals surface area contributed by atoms with E-state index in [-0.39, 0.29) is 31.1 Å². The zero-order valence-corrected chi connectivity index (χ0v) is 45.9. The largest absolute Gasteiger partial charge is 0.462 e. The minimum atomic E-state index is -0.805. The second-order valence-corrected chi connectivity index (χ2v) is 18.8. The van der Waals surface area contributed by atoms with Crippen LogP contribution in [0.3, 0.4) is 0 Å². The van der Waals surface area contributed by atoms with E-state index in [1.807, 2.05) is 0 Å². The number of esters is 3. The summed E-state index contributed by atoms with van der Waals surface area (Å²) in [6.07, 6.45) is 80.4. The molecule has 0 amide bonds. The molecule has 0 aromatic carbocycles. The topological polar surface area (TPSA) is 78.9 Å². The first-order chi connectivity index (χ1) is 35.0. The predicted molar refractivity (Wildman–Crippen MR) is 306 cm³/mol. The molecule has 0 aromatic heterocycles. The van der Waals surface area contributed by atoms with Gasteiger partial charge in [-0.3, -0.25) is 14.4 Å². The number of carbonyl (C=O) groups is 3. The van der Waals surface area contributed by atoms with E-state index in [1.54, 1.807) is 0 Å². The molecule has 6 nitrogen and oxygen atoms in total. The van der Waals surface area contributed by atoms with E-state index in [0.717, 1.165) is 141 Å². The van der Waals surface area contributed by atoms with Crippen molar-refractivity contribution in [3.8, 4) is 0 Å². The first kappa shape index (κ1) is 66.8. The molecule has 0 heterocycles. The molecule has 0 atom stereocenters. The van der Waals surface area contributed by atoms with Crippen molar-refractivity contribution in [2.24, 2.45) is 0 Å². The van der Waals surface area contributed by atoms with E-state index >= 15 is 0 Å². The van der Waals surface area contributed by atoms with Crippen LogP contribution in [-0.4, -0.2) is 37.2 Å². The Bertz CT molecular complexity index is 1420. The van der Waals surface area contributed by atoms with Crippen LogP contribution in [0.4, 0.5) is 0 Å². The zero-order chi connectivity index (χ0) is 51.4. The van der Waals surface area contributed by atoms with Gasteiger partial charge in [-0.25, -0.2) is 0 Å². The SMILES string of the molecule is CC/C=C\C/C=C\C/C=C\C/C=C\CCCCCCC(=O)OCC(COC(=O)CCCCCC/C=C\C/C=C\C/C=C\C/C=C\CC)OC(=O)CCCCCCCCCCC/C=C\C/C=C\CCCCC. The van der Waals surface area contributed by atoms with Crippen LogP contribution >= 0.6 is 0 Å². The highest BCUT2D eigenvalue weighted by Crippen LogP contribution is 2.14. The number of unbranched alkanes of at least 4 members (excludes halogenated alkanes) is 20. The standard InChI is InChI=1S/C65H106O6/c1-4-7-10-13-16-19-22-25-28-31-32-35-38-41-44-47-50-53-56-59-65(68)71-62(60-69-63(66)57-54-51-48-45-42-39-36-33-29-26-23-20-17-14-11-8-5-2)61-70-64(67)58-55-52-49-46-43-40-37-34-30-27-24-21-18-15-12-9-6-3/h8-9,11-12,16-21,25-30,36-37,39-40,62H,4-7,10,13-15,22-24,31-35,38,41-61H2,1-3H3/b11-8-,12-9-,19-16-,20-17-,21-18-,28-25-,29-26-,30-27-,39-36-,40-37-. The molecule has 0 aromatic rings. The van der Waals surface area contributed by atoms with Crippen LogP contribution in [0.2, 0.25) is 0 Å². The third-order valence-electron chi connectivity index (χ3n) is 11.9. The molecule has 0 aliphatic heterocycles. The van der Waals surface area contributed by atoms with Crippen molar-refractivity contribution in [3.63, 3.8) is 0 Å². The van der Waals surface area contributed by atoms with E-state index in [4.69, 9.17) is 14.2 Å². The summed E-state index contributed by atoms with van der Waals surface area (Å²) in [5, 5.41) is 0. The van der Waals surface area contributed by atoms with Crippen LogP contribution in [0.5, 0.6) is 0 Å². The first-order valence-corrected chi connectivity index (χ1v) is 29.0. The normalized spacial score (nSPS) is 12.6. The summed E-state index contributed by atoms with van der Waals surface area (Å²) in [4.78, 5) is 38.2. The third-order valence-corrected chi connectivity index (χ3v) is 11.9. The summed E-state index contributed by atoms with van der Waals surface area (Å²) < 4.78 is 16.8. The molecule has 6 heteroatoms. The molecular formula is C65H106O6. The lowest BCUT2D eigenvalue weighted by molar-refractivity contribution is -0.167. The lowest BCUT2D eigenvalue weighted by Crippen LogP contribution is -2.30. The molecule has 0 aliphatic carbocycles. The van der Waals surface area contributed by atoms with Gasteiger partial charge < -0.3 is 14.2 Å². The second kappa shape index (κ2) is 58.4. The van der Waals surface area contributed by atoms with Crippen LogP contribution in [0.25, 0.3) is 0 Å². The van der Waals surface area contributed by atoms with Crippen molar-refractivity contribution in [3.05, 3.63) is 122 Å². The molecule has 0 aliphatic rings. The lowest BCUT2D eigenvalue weighted by Gasteiger charge is -2.18. The van der Waals surface area contributed by atoms with Crippen molar-refractivity contribution in [2.45, 2.75) is 258 Å². The zero-order valence-electron chi connectivity index (χ0n) is 45.9. The van der Waals surface area contributed by atoms with E-state index in [2.05, 4.69) is 142 Å². The maximum Gasteiger partial charge on any atom is 0.306 e. The second-order valence-electron chi connectivity index (χ2n) is 18.8. The van der Waals surface area contributed by atoms with Gasteiger partial charge in [-0.1, -0.05) is 226 Å². The van der Waals surface area contributed by atoms with E-state index in [1.165, 1.54) is 70.6 Å². The maximum atomic E-state index is 12.9. The summed E-state index contributed by atoms with van der Waals surface area (Å²) in [6.45, 7) is 6.34. The monoisotopic (exact) mass is 983 g/mol. The Kier molecular flexibility index (Phi) is 54.9. The molecule has 0 spiro atoms. The highest BCUT2D eigenvalue weighted by Gasteiger charge is 2.19. The highest BCUT2D eigenvalue weighted by atomic mass is 16.6. The molecule has 0 radical (unpaired) electrons. The summed E-state index contributed by atoms with van der Waals surface area (Å²) >= 11 is 0. The van der Waals surface area contributed by atoms with Gasteiger partial charge in [-0.15, -0.1) is 0 Å². The van der Waals surface area contributed by atoms with Gasteiger partial charge in [0.2, 0.25) is 0 Å². The Morgan fingerprint density at radius 1 is 0.296 bits per heavy atom. The number of rotatable bonds is 51. The fraction of sp³-hybridized carbons (Fsp3) is 0.646. The molecule has 0 rings (SSSR count). The van der Waals surface area contributed by atoms with Crippen molar-refractivity contribution >= 4 is 17.9 Å². The van der Waals surface area contributed by atoms with Crippen LogP contribution < -0.4 is 0 Å². The Hall–Kier alpha value is -4.19. The first-order valence-electron chi connectivity index (χ1n) is 29.0. The van der Waals surface area contributed by atoms with Crippen molar-refractivity contribution < 1.29 is 28.6 Å². The van der Waals surface area contributed by atoms with Crippen LogP contribution in [0, 0.1) is 0 Å². The van der Waals surface area contributed by atoms with E-state index in [9.17, 15) is 14.4 Å². The molecule has 0 fully saturated rings. The van der Waals surface area contributed by atoms with Crippen LogP contribution in [0.15, 0.2) is 122 Å². The molecule has 402 valence electrons. The third kappa shape index (κ3) is 56.6. The van der Waals surface area contributed by atoms with Gasteiger partial charge in [0, 0.05) is 19.3 Å². The van der Waals surface area contributed by atoms with E-state index < -0.39 is 6.10 Å². The molecular weight excluding hydrogens is 877 g/mol. The fourth-order valence-corrected chi connectivity index (χ4v) is 7.63. The Morgan fingerprint density at radius 2 is 0.549 bits per heavy atom. The molecule has 71 heavy (non-hydrogen) atoms. The number of ether oxygens (including phenoxy) is 3. The number of allylic oxidation sites excluding steroid dienone is 20. The quantitative estimate of drug-likeness (QED) is 0.0261. The summed E-state index contributed by atoms with van der Waals surface area (Å²) in [5.41, 5.74) is 0. The van der Waals surface area contributed by atoms with Crippen LogP contribution in [-0.2, 0) is 28.6 Å². The number of hydrogen-bond donors (Lipinski definition) is 0. The Balaban J connectivity index is 4.49. The summed E-state index contributed by atoms with van der Waals surface area (Å²) in [7, 11) is 0. The average molecular weight is 984 g/mol. The maximum absolute atomic E-state index is 12.9. The summed E-state index contributed by atoms with van der Waals surface area (Å²) in [6, 6.07) is 0. The number of carbonyl (C=O) groups excluding carboxylic acids is 3. The average Bonchev–Trinajstić information content (AvgIpc) is 3.37. The minimum absolute atomic E-state index is 0.103. The van der Waals surface area contributed by atoms with Gasteiger partial charge in [0.15, 0.2) is 6.10 Å². The van der Waals surface area contributed by atoms with Gasteiger partial charge in [0.1, 0.15) is 13.2 Å². The summed E-state index contributed by atoms with van der Waals surface area (Å²) in [5.74, 6) is -0.953. The van der Waals surface area contributed by atoms with Crippen molar-refractivity contribution in [2.75, 3.05) is 13.2 Å². The Labute approximate surface area is 437 Å². The molecule has 0 N–H and O–H groups in total. The van der Waals surface area contributed by atoms with Gasteiger partial charge >= 0.3 is 17.9 Å². The smallest absolute Gasteiger partial charge is 0.306 e. The van der Waals surface area contributed by atoms with Gasteiger partial charge in [-0.2, -0.15) is 0 Å². The predicted octanol–water partition coefficient (Wildman–Crippen LogP) is 19.6. The molecule has 0 saturated heterocycles. The van der Waals surface area contributed by atoms with Gasteiger partial charge in [0.05, 0.1) is 0 Å². The van der Waals surface area contributed by atoms with Crippen LogP contribution in [0.1, 0.15) is 252 Å². The van der Waals surface area contributed by atoms with Crippen molar-refractivity contribution in [1.29, 1.82) is 0 Å². The van der Waals surface area contributed by atoms with Gasteiger partial charge in [-0.05, 0) is 128 Å².